The van der Waals surface area contributed by atoms with Gasteiger partial charge in [0.1, 0.15) is 0 Å². The number of aryl methyl sites for hydroxylation is 2. The van der Waals surface area contributed by atoms with E-state index >= 15 is 0 Å². The Kier molecular flexibility index (Phi) is 8.33. The van der Waals surface area contributed by atoms with Gasteiger partial charge >= 0.3 is 0 Å². The number of guanidine groups is 1. The highest BCUT2D eigenvalue weighted by Gasteiger charge is 2.21. The summed E-state index contributed by atoms with van der Waals surface area (Å²) in [5, 5.41) is 3.20. The summed E-state index contributed by atoms with van der Waals surface area (Å²) in [4.78, 5) is 7.08. The monoisotopic (exact) mass is 430 g/mol. The molecule has 0 spiro atoms. The number of nitrogens with one attached hydrogen (secondary N) is 1. The van der Waals surface area contributed by atoms with Crippen LogP contribution in [-0.2, 0) is 0 Å². The van der Waals surface area contributed by atoms with Crippen molar-refractivity contribution < 1.29 is 0 Å². The number of hydrogen-bond donors (Lipinski definition) is 2. The lowest BCUT2D eigenvalue weighted by molar-refractivity contribution is 0.143. The Morgan fingerprint density at radius 3 is 2.74 bits per heavy atom. The highest BCUT2D eigenvalue weighted by atomic mass is 127. The molecule has 1 heterocycles. The Morgan fingerprint density at radius 1 is 1.35 bits per heavy atom. The van der Waals surface area contributed by atoms with Crippen molar-refractivity contribution in [1.82, 2.24) is 4.90 Å². The van der Waals surface area contributed by atoms with E-state index in [4.69, 9.17) is 5.73 Å². The lowest BCUT2D eigenvalue weighted by atomic mass is 9.97. The number of halogens is 1. The summed E-state index contributed by atoms with van der Waals surface area (Å²) in [5.41, 5.74) is 9.59. The first-order valence-electron chi connectivity index (χ1n) is 8.34. The van der Waals surface area contributed by atoms with Crippen molar-refractivity contribution >= 4 is 35.6 Å². The quantitative estimate of drug-likeness (QED) is 0.435. The van der Waals surface area contributed by atoms with Gasteiger partial charge in [0.25, 0.3) is 0 Å². The average molecular weight is 430 g/mol. The third kappa shape index (κ3) is 6.30. The van der Waals surface area contributed by atoms with Crippen LogP contribution in [0.4, 0.5) is 5.69 Å². The maximum atomic E-state index is 6.03. The van der Waals surface area contributed by atoms with Crippen LogP contribution in [0.3, 0.4) is 0 Å². The average Bonchev–Trinajstić information content (AvgIpc) is 2.49. The Hall–Kier alpha value is -0.820. The maximum absolute atomic E-state index is 6.03. The van der Waals surface area contributed by atoms with Crippen LogP contribution in [0, 0.1) is 19.8 Å². The van der Waals surface area contributed by atoms with E-state index in [0.717, 1.165) is 18.8 Å². The Morgan fingerprint density at radius 2 is 2.09 bits per heavy atom. The minimum absolute atomic E-state index is 0. The third-order valence-corrected chi connectivity index (χ3v) is 4.58. The smallest absolute Gasteiger partial charge is 0.193 e. The molecule has 23 heavy (non-hydrogen) atoms. The first-order chi connectivity index (χ1) is 10.5. The van der Waals surface area contributed by atoms with Gasteiger partial charge in [0.2, 0.25) is 0 Å². The molecule has 1 aromatic carbocycles. The van der Waals surface area contributed by atoms with Crippen molar-refractivity contribution in [2.24, 2.45) is 16.6 Å². The van der Waals surface area contributed by atoms with Crippen LogP contribution >= 0.6 is 24.0 Å². The number of anilines is 1. The molecule has 0 saturated carbocycles. The molecular weight excluding hydrogens is 399 g/mol. The van der Waals surface area contributed by atoms with Crippen LogP contribution in [-0.4, -0.2) is 36.5 Å². The predicted octanol–water partition coefficient (Wildman–Crippen LogP) is 3.77. The van der Waals surface area contributed by atoms with Gasteiger partial charge in [-0.1, -0.05) is 6.07 Å². The Balaban J connectivity index is 0.00000264. The largest absolute Gasteiger partial charge is 0.370 e. The van der Waals surface area contributed by atoms with Crippen molar-refractivity contribution in [1.29, 1.82) is 0 Å². The van der Waals surface area contributed by atoms with Gasteiger partial charge in [-0.2, -0.15) is 0 Å². The fourth-order valence-corrected chi connectivity index (χ4v) is 2.95. The van der Waals surface area contributed by atoms with Gasteiger partial charge in [-0.05, 0) is 76.3 Å². The summed E-state index contributed by atoms with van der Waals surface area (Å²) in [6.45, 7) is 11.9. The van der Waals surface area contributed by atoms with Crippen LogP contribution in [0.2, 0.25) is 0 Å². The highest BCUT2D eigenvalue weighted by molar-refractivity contribution is 14.0. The molecule has 5 heteroatoms. The summed E-state index contributed by atoms with van der Waals surface area (Å²) < 4.78 is 0. The van der Waals surface area contributed by atoms with Crippen molar-refractivity contribution in [3.63, 3.8) is 0 Å². The molecule has 130 valence electrons. The maximum Gasteiger partial charge on any atom is 0.193 e. The van der Waals surface area contributed by atoms with Crippen LogP contribution in [0.25, 0.3) is 0 Å². The molecule has 0 bridgehead atoms. The second-order valence-electron chi connectivity index (χ2n) is 6.75. The molecule has 4 nitrogen and oxygen atoms in total. The molecule has 1 unspecified atom stereocenters. The second-order valence-corrected chi connectivity index (χ2v) is 6.75. The van der Waals surface area contributed by atoms with E-state index in [0.29, 0.717) is 17.9 Å². The number of benzene rings is 1. The molecule has 1 saturated heterocycles. The third-order valence-electron chi connectivity index (χ3n) is 4.58. The van der Waals surface area contributed by atoms with Gasteiger partial charge in [-0.15, -0.1) is 24.0 Å². The van der Waals surface area contributed by atoms with E-state index < -0.39 is 0 Å². The lowest BCUT2D eigenvalue weighted by Gasteiger charge is -2.34. The Labute approximate surface area is 157 Å². The number of aliphatic imine (C=N–C) groups is 1. The number of nitrogens with zero attached hydrogens (tertiary/aromatic N) is 2. The van der Waals surface area contributed by atoms with E-state index in [1.54, 1.807) is 0 Å². The number of hydrogen-bond acceptors (Lipinski definition) is 2. The van der Waals surface area contributed by atoms with Gasteiger partial charge < -0.3 is 16.0 Å². The van der Waals surface area contributed by atoms with Crippen molar-refractivity contribution in [3.8, 4) is 0 Å². The number of piperidine rings is 1. The van der Waals surface area contributed by atoms with Crippen molar-refractivity contribution in [3.05, 3.63) is 29.3 Å². The number of rotatable bonds is 4. The summed E-state index contributed by atoms with van der Waals surface area (Å²) >= 11 is 0. The molecule has 1 fully saturated rings. The lowest BCUT2D eigenvalue weighted by Crippen LogP contribution is -2.41. The SMILES string of the molecule is Cc1ccc(NC(N)=NCC2CCCN(C(C)C)C2)cc1C.I. The van der Waals surface area contributed by atoms with Gasteiger partial charge in [0.15, 0.2) is 5.96 Å². The fourth-order valence-electron chi connectivity index (χ4n) is 2.95. The Bertz CT molecular complexity index is 528. The first kappa shape index (κ1) is 20.2. The number of nitrogens with two attached hydrogens (primary N) is 1. The van der Waals surface area contributed by atoms with E-state index in [-0.39, 0.29) is 24.0 Å². The minimum Gasteiger partial charge on any atom is -0.370 e. The second kappa shape index (κ2) is 9.47. The highest BCUT2D eigenvalue weighted by Crippen LogP contribution is 2.19. The molecule has 1 aliphatic rings. The summed E-state index contributed by atoms with van der Waals surface area (Å²) in [6.07, 6.45) is 2.52. The van der Waals surface area contributed by atoms with E-state index in [2.05, 4.69) is 55.0 Å². The zero-order valence-corrected chi connectivity index (χ0v) is 17.1. The molecular formula is C18H31IN4. The van der Waals surface area contributed by atoms with Gasteiger partial charge in [-0.3, -0.25) is 4.99 Å². The predicted molar refractivity (Wildman–Crippen MR) is 111 cm³/mol. The van der Waals surface area contributed by atoms with Crippen molar-refractivity contribution in [2.75, 3.05) is 25.0 Å². The van der Waals surface area contributed by atoms with Gasteiger partial charge in [0.05, 0.1) is 0 Å². The van der Waals surface area contributed by atoms with Gasteiger partial charge in [0, 0.05) is 24.8 Å². The number of likely N-dealkylation sites (tertiary alicyclic amines) is 1. The molecule has 3 N–H and O–H groups in total. The molecule has 0 amide bonds. The van der Waals surface area contributed by atoms with Crippen LogP contribution in [0.5, 0.6) is 0 Å². The van der Waals surface area contributed by atoms with Crippen LogP contribution in [0.15, 0.2) is 23.2 Å². The summed E-state index contributed by atoms with van der Waals surface area (Å²) in [5.74, 6) is 1.14. The normalized spacial score (nSPS) is 19.5. The molecule has 1 aromatic rings. The fraction of sp³-hybridized carbons (Fsp3) is 0.611. The molecule has 2 rings (SSSR count). The molecule has 0 aliphatic carbocycles. The van der Waals surface area contributed by atoms with Crippen molar-refractivity contribution in [2.45, 2.75) is 46.6 Å². The van der Waals surface area contributed by atoms with E-state index in [1.807, 2.05) is 6.07 Å². The minimum atomic E-state index is 0. The molecule has 0 aromatic heterocycles. The molecule has 1 atom stereocenters. The van der Waals surface area contributed by atoms with Gasteiger partial charge in [-0.25, -0.2) is 0 Å². The summed E-state index contributed by atoms with van der Waals surface area (Å²) in [7, 11) is 0. The van der Waals surface area contributed by atoms with E-state index in [1.165, 1.54) is 30.5 Å². The topological polar surface area (TPSA) is 53.6 Å². The molecule has 0 radical (unpaired) electrons. The zero-order chi connectivity index (χ0) is 16.1. The van der Waals surface area contributed by atoms with E-state index in [9.17, 15) is 0 Å². The standard InChI is InChI=1S/C18H30N4.HI/c1-13(2)22-9-5-6-16(12-22)11-20-18(19)21-17-8-7-14(3)15(4)10-17;/h7-8,10,13,16H,5-6,9,11-12H2,1-4H3,(H3,19,20,21);1H. The van der Waals surface area contributed by atoms with Crippen LogP contribution < -0.4 is 11.1 Å². The first-order valence-corrected chi connectivity index (χ1v) is 8.34. The zero-order valence-electron chi connectivity index (χ0n) is 14.8. The molecule has 1 aliphatic heterocycles. The van der Waals surface area contributed by atoms with Crippen LogP contribution in [0.1, 0.15) is 37.8 Å². The summed E-state index contributed by atoms with van der Waals surface area (Å²) in [6, 6.07) is 6.88.